The minimum atomic E-state index is -0.341. The van der Waals surface area contributed by atoms with Crippen molar-refractivity contribution in [2.45, 2.75) is 25.8 Å². The summed E-state index contributed by atoms with van der Waals surface area (Å²) in [4.78, 5) is 14.6. The number of nitrogens with one attached hydrogen (secondary N) is 1. The largest absolute Gasteiger partial charge is 0.468 e. The van der Waals surface area contributed by atoms with Crippen LogP contribution in [0.15, 0.2) is 41.0 Å². The lowest BCUT2D eigenvalue weighted by atomic mass is 10.1. The Kier molecular flexibility index (Phi) is 5.43. The Morgan fingerprint density at radius 2 is 2.12 bits per heavy atom. The van der Waals surface area contributed by atoms with Crippen molar-refractivity contribution in [2.24, 2.45) is 0 Å². The van der Waals surface area contributed by atoms with Crippen LogP contribution >= 0.6 is 0 Å². The van der Waals surface area contributed by atoms with Gasteiger partial charge in [0, 0.05) is 12.1 Å². The van der Waals surface area contributed by atoms with Crippen LogP contribution in [0.1, 0.15) is 40.6 Å². The van der Waals surface area contributed by atoms with E-state index < -0.39 is 0 Å². The zero-order valence-electron chi connectivity index (χ0n) is 13.9. The van der Waals surface area contributed by atoms with Gasteiger partial charge in [-0.05, 0) is 56.6 Å². The molecule has 3 rings (SSSR count). The number of hydrogen-bond donors (Lipinski definition) is 1. The average Bonchev–Trinajstić information content (AvgIpc) is 3.27. The Morgan fingerprint density at radius 1 is 1.33 bits per heavy atom. The van der Waals surface area contributed by atoms with Crippen LogP contribution in [0.4, 0.5) is 4.39 Å². The van der Waals surface area contributed by atoms with Gasteiger partial charge in [-0.1, -0.05) is 12.1 Å². The zero-order valence-corrected chi connectivity index (χ0v) is 13.9. The molecule has 5 heteroatoms. The SMILES string of the molecule is Cc1ccc(C(=O)CNCC(c2ccco2)N2CCCC2)cc1F. The molecule has 1 N–H and O–H groups in total. The quantitative estimate of drug-likeness (QED) is 0.791. The van der Waals surface area contributed by atoms with Gasteiger partial charge in [0.15, 0.2) is 5.78 Å². The number of benzene rings is 1. The van der Waals surface area contributed by atoms with Crippen LogP contribution in [0.25, 0.3) is 0 Å². The van der Waals surface area contributed by atoms with Crippen molar-refractivity contribution in [3.8, 4) is 0 Å². The van der Waals surface area contributed by atoms with Gasteiger partial charge in [0.1, 0.15) is 11.6 Å². The Labute approximate surface area is 141 Å². The Bertz CT molecular complexity index is 679. The van der Waals surface area contributed by atoms with Gasteiger partial charge in [-0.25, -0.2) is 4.39 Å². The van der Waals surface area contributed by atoms with E-state index in [1.54, 1.807) is 25.3 Å². The first kappa shape index (κ1) is 16.9. The molecule has 0 bridgehead atoms. The lowest BCUT2D eigenvalue weighted by Gasteiger charge is -2.26. The van der Waals surface area contributed by atoms with Crippen LogP contribution in [-0.4, -0.2) is 36.9 Å². The number of aryl methyl sites for hydroxylation is 1. The molecule has 1 aliphatic rings. The van der Waals surface area contributed by atoms with E-state index >= 15 is 0 Å². The van der Waals surface area contributed by atoms with Crippen LogP contribution in [0.5, 0.6) is 0 Å². The molecule has 128 valence electrons. The third kappa shape index (κ3) is 3.91. The first-order chi connectivity index (χ1) is 11.6. The Morgan fingerprint density at radius 3 is 2.79 bits per heavy atom. The second kappa shape index (κ2) is 7.73. The first-order valence-corrected chi connectivity index (χ1v) is 8.42. The van der Waals surface area contributed by atoms with Crippen molar-refractivity contribution in [2.75, 3.05) is 26.2 Å². The molecule has 2 heterocycles. The molecule has 1 aromatic carbocycles. The number of Topliss-reactive ketones (excluding diaryl/α,β-unsaturated/α-hetero) is 1. The van der Waals surface area contributed by atoms with Crippen molar-refractivity contribution < 1.29 is 13.6 Å². The van der Waals surface area contributed by atoms with E-state index in [0.717, 1.165) is 18.8 Å². The molecule has 0 spiro atoms. The number of rotatable bonds is 7. The van der Waals surface area contributed by atoms with Crippen LogP contribution in [0, 0.1) is 12.7 Å². The zero-order chi connectivity index (χ0) is 16.9. The summed E-state index contributed by atoms with van der Waals surface area (Å²) in [6.45, 7) is 4.60. The highest BCUT2D eigenvalue weighted by atomic mass is 19.1. The number of nitrogens with zero attached hydrogens (tertiary/aromatic N) is 1. The van der Waals surface area contributed by atoms with E-state index in [2.05, 4.69) is 10.2 Å². The molecule has 1 fully saturated rings. The van der Waals surface area contributed by atoms with E-state index in [1.165, 1.54) is 18.9 Å². The van der Waals surface area contributed by atoms with Crippen LogP contribution in [-0.2, 0) is 0 Å². The molecule has 0 saturated carbocycles. The molecule has 24 heavy (non-hydrogen) atoms. The topological polar surface area (TPSA) is 45.5 Å². The highest BCUT2D eigenvalue weighted by Gasteiger charge is 2.25. The summed E-state index contributed by atoms with van der Waals surface area (Å²) in [6.07, 6.45) is 4.07. The van der Waals surface area contributed by atoms with Gasteiger partial charge in [-0.15, -0.1) is 0 Å². The van der Waals surface area contributed by atoms with Crippen molar-refractivity contribution in [1.82, 2.24) is 10.2 Å². The van der Waals surface area contributed by atoms with Crippen LogP contribution in [0.3, 0.4) is 0 Å². The predicted octanol–water partition coefficient (Wildman–Crippen LogP) is 3.34. The molecular formula is C19H23FN2O2. The fourth-order valence-electron chi connectivity index (χ4n) is 3.13. The molecule has 0 aliphatic carbocycles. The number of furan rings is 1. The average molecular weight is 330 g/mol. The number of carbonyl (C=O) groups excluding carboxylic acids is 1. The molecule has 0 radical (unpaired) electrons. The normalized spacial score (nSPS) is 16.4. The summed E-state index contributed by atoms with van der Waals surface area (Å²) in [5, 5.41) is 3.21. The maximum Gasteiger partial charge on any atom is 0.176 e. The van der Waals surface area contributed by atoms with E-state index in [1.807, 2.05) is 12.1 Å². The number of carbonyl (C=O) groups is 1. The smallest absolute Gasteiger partial charge is 0.176 e. The molecule has 4 nitrogen and oxygen atoms in total. The molecule has 1 aromatic heterocycles. The lowest BCUT2D eigenvalue weighted by molar-refractivity contribution is 0.0985. The highest BCUT2D eigenvalue weighted by Crippen LogP contribution is 2.24. The van der Waals surface area contributed by atoms with Gasteiger partial charge in [0.2, 0.25) is 0 Å². The van der Waals surface area contributed by atoms with Crippen LogP contribution < -0.4 is 5.32 Å². The fraction of sp³-hybridized carbons (Fsp3) is 0.421. The Hall–Kier alpha value is -1.98. The standard InChI is InChI=1S/C19H23FN2O2/c1-14-6-7-15(11-16(14)20)18(23)13-21-12-17(19-5-4-10-24-19)22-8-2-3-9-22/h4-7,10-11,17,21H,2-3,8-9,12-13H2,1H3. The summed E-state index contributed by atoms with van der Waals surface area (Å²) in [5.74, 6) is 0.470. The van der Waals surface area contributed by atoms with Crippen molar-refractivity contribution in [3.63, 3.8) is 0 Å². The van der Waals surface area contributed by atoms with Crippen LogP contribution in [0.2, 0.25) is 0 Å². The van der Waals surface area contributed by atoms with Gasteiger partial charge in [-0.2, -0.15) is 0 Å². The molecule has 1 aliphatic heterocycles. The van der Waals surface area contributed by atoms with Gasteiger partial charge < -0.3 is 9.73 Å². The van der Waals surface area contributed by atoms with E-state index in [4.69, 9.17) is 4.42 Å². The third-order valence-corrected chi connectivity index (χ3v) is 4.57. The fourth-order valence-corrected chi connectivity index (χ4v) is 3.13. The summed E-state index contributed by atoms with van der Waals surface area (Å²) in [5.41, 5.74) is 0.952. The predicted molar refractivity (Wildman–Crippen MR) is 90.6 cm³/mol. The lowest BCUT2D eigenvalue weighted by Crippen LogP contribution is -2.36. The van der Waals surface area contributed by atoms with Gasteiger partial charge in [0.05, 0.1) is 18.8 Å². The van der Waals surface area contributed by atoms with E-state index in [0.29, 0.717) is 17.7 Å². The summed E-state index contributed by atoms with van der Waals surface area (Å²) in [7, 11) is 0. The third-order valence-electron chi connectivity index (χ3n) is 4.57. The number of halogens is 1. The first-order valence-electron chi connectivity index (χ1n) is 8.42. The summed E-state index contributed by atoms with van der Waals surface area (Å²) >= 11 is 0. The maximum atomic E-state index is 13.6. The number of likely N-dealkylation sites (tertiary alicyclic amines) is 1. The second-order valence-electron chi connectivity index (χ2n) is 6.29. The molecule has 0 amide bonds. The molecule has 1 unspecified atom stereocenters. The van der Waals surface area contributed by atoms with Crippen molar-refractivity contribution in [1.29, 1.82) is 0 Å². The number of ketones is 1. The summed E-state index contributed by atoms with van der Waals surface area (Å²) in [6, 6.07) is 8.61. The monoisotopic (exact) mass is 330 g/mol. The molecule has 2 aromatic rings. The molecular weight excluding hydrogens is 307 g/mol. The summed E-state index contributed by atoms with van der Waals surface area (Å²) < 4.78 is 19.2. The van der Waals surface area contributed by atoms with Crippen molar-refractivity contribution in [3.05, 3.63) is 59.3 Å². The minimum absolute atomic E-state index is 0.103. The van der Waals surface area contributed by atoms with Gasteiger partial charge >= 0.3 is 0 Å². The second-order valence-corrected chi connectivity index (χ2v) is 6.29. The Balaban J connectivity index is 1.58. The number of hydrogen-bond acceptors (Lipinski definition) is 4. The van der Waals surface area contributed by atoms with Crippen molar-refractivity contribution >= 4 is 5.78 Å². The maximum absolute atomic E-state index is 13.6. The van der Waals surface area contributed by atoms with Gasteiger partial charge in [-0.3, -0.25) is 9.69 Å². The van der Waals surface area contributed by atoms with E-state index in [-0.39, 0.29) is 24.2 Å². The molecule has 1 atom stereocenters. The minimum Gasteiger partial charge on any atom is -0.468 e. The van der Waals surface area contributed by atoms with E-state index in [9.17, 15) is 9.18 Å². The highest BCUT2D eigenvalue weighted by molar-refractivity contribution is 5.97. The van der Waals surface area contributed by atoms with Gasteiger partial charge in [0.25, 0.3) is 0 Å². The molecule has 1 saturated heterocycles.